The van der Waals surface area contributed by atoms with Crippen molar-refractivity contribution in [3.05, 3.63) is 145 Å². The number of methoxy groups -OCH3 is 1. The normalized spacial score (nSPS) is 11.1. The van der Waals surface area contributed by atoms with Gasteiger partial charge in [-0.2, -0.15) is 0 Å². The number of ketones is 1. The topological polar surface area (TPSA) is 105 Å². The van der Waals surface area contributed by atoms with E-state index in [9.17, 15) is 18.0 Å². The van der Waals surface area contributed by atoms with E-state index in [1.54, 1.807) is 92.0 Å². The largest absolute Gasteiger partial charge is 0.496 e. The molecule has 0 heterocycles. The second-order valence-electron chi connectivity index (χ2n) is 10.5. The van der Waals surface area contributed by atoms with Crippen molar-refractivity contribution in [1.82, 2.24) is 0 Å². The molecular formula is C38H28O8S. The Hall–Kier alpha value is -5.93. The van der Waals surface area contributed by atoms with Gasteiger partial charge in [-0.05, 0) is 116 Å². The number of carbonyl (C=O) groups is 2. The number of ether oxygens (including phenoxy) is 4. The lowest BCUT2D eigenvalue weighted by Crippen LogP contribution is -2.08. The quantitative estimate of drug-likeness (QED) is 0.0829. The third-order valence-corrected chi connectivity index (χ3v) is 9.14. The molecule has 6 aromatic carbocycles. The maximum atomic E-state index is 13.2. The number of fused-ring (bicyclic) bond motifs is 1. The average Bonchev–Trinajstić information content (AvgIpc) is 3.09. The maximum absolute atomic E-state index is 13.2. The van der Waals surface area contributed by atoms with E-state index in [1.807, 2.05) is 24.3 Å². The van der Waals surface area contributed by atoms with E-state index in [0.29, 0.717) is 45.6 Å². The molecule has 0 amide bonds. The number of rotatable bonds is 10. The molecule has 0 aliphatic carbocycles. The van der Waals surface area contributed by atoms with Gasteiger partial charge in [-0.15, -0.1) is 0 Å². The van der Waals surface area contributed by atoms with E-state index >= 15 is 0 Å². The molecule has 0 saturated carbocycles. The van der Waals surface area contributed by atoms with E-state index in [0.717, 1.165) is 10.8 Å². The summed E-state index contributed by atoms with van der Waals surface area (Å²) in [5.74, 6) is 2.40. The van der Waals surface area contributed by atoms with Crippen LogP contribution in [0.5, 0.6) is 34.5 Å². The third kappa shape index (κ3) is 6.85. The second-order valence-corrected chi connectivity index (χ2v) is 12.4. The van der Waals surface area contributed by atoms with Gasteiger partial charge in [-0.3, -0.25) is 4.79 Å². The molecule has 0 bridgehead atoms. The molecule has 0 aliphatic heterocycles. The van der Waals surface area contributed by atoms with Crippen LogP contribution in [0.2, 0.25) is 0 Å². The summed E-state index contributed by atoms with van der Waals surface area (Å²) in [6.45, 7) is 1.49. The molecule has 0 aromatic heterocycles. The van der Waals surface area contributed by atoms with Crippen molar-refractivity contribution in [2.45, 2.75) is 16.7 Å². The summed E-state index contributed by atoms with van der Waals surface area (Å²) in [5.41, 5.74) is 0.909. The van der Waals surface area contributed by atoms with Gasteiger partial charge < -0.3 is 18.9 Å². The third-order valence-electron chi connectivity index (χ3n) is 7.35. The van der Waals surface area contributed by atoms with Gasteiger partial charge in [0.25, 0.3) is 0 Å². The van der Waals surface area contributed by atoms with Crippen molar-refractivity contribution in [2.24, 2.45) is 0 Å². The van der Waals surface area contributed by atoms with Crippen LogP contribution in [0.25, 0.3) is 10.8 Å². The fourth-order valence-electron chi connectivity index (χ4n) is 4.88. The van der Waals surface area contributed by atoms with Crippen LogP contribution in [0.3, 0.4) is 0 Å². The molecule has 0 spiro atoms. The Labute approximate surface area is 271 Å². The molecule has 6 rings (SSSR count). The zero-order valence-corrected chi connectivity index (χ0v) is 26.2. The lowest BCUT2D eigenvalue weighted by molar-refractivity contribution is 0.0736. The standard InChI is InChI=1S/C38H28O8S/c1-25(39)26-9-13-28(14-10-26)44-30-17-21-32(22-18-30)47(41,42)33-23-19-31(20-24-33)45-29-15-11-27(12-16-29)38(40)46-37-8-4-5-34-35(37)6-3-7-36(34)43-2/h3-24H,1-2H3. The molecule has 0 radical (unpaired) electrons. The number of hydrogen-bond acceptors (Lipinski definition) is 8. The molecule has 0 N–H and O–H groups in total. The van der Waals surface area contributed by atoms with Gasteiger partial charge in [-0.25, -0.2) is 13.2 Å². The molecule has 9 heteroatoms. The molecule has 47 heavy (non-hydrogen) atoms. The van der Waals surface area contributed by atoms with E-state index in [-0.39, 0.29) is 15.6 Å². The van der Waals surface area contributed by atoms with Crippen molar-refractivity contribution in [2.75, 3.05) is 7.11 Å². The predicted molar refractivity (Wildman–Crippen MR) is 177 cm³/mol. The van der Waals surface area contributed by atoms with Gasteiger partial charge in [-0.1, -0.05) is 24.3 Å². The van der Waals surface area contributed by atoms with E-state index < -0.39 is 15.8 Å². The first-order chi connectivity index (χ1) is 22.7. The van der Waals surface area contributed by atoms with Crippen LogP contribution >= 0.6 is 0 Å². The Balaban J connectivity index is 1.08. The second kappa shape index (κ2) is 13.2. The van der Waals surface area contributed by atoms with Crippen LogP contribution in [0.15, 0.2) is 143 Å². The number of sulfone groups is 1. The maximum Gasteiger partial charge on any atom is 0.343 e. The summed E-state index contributed by atoms with van der Waals surface area (Å²) in [5, 5.41) is 1.59. The molecule has 8 nitrogen and oxygen atoms in total. The minimum Gasteiger partial charge on any atom is -0.496 e. The monoisotopic (exact) mass is 644 g/mol. The van der Waals surface area contributed by atoms with Crippen molar-refractivity contribution in [3.63, 3.8) is 0 Å². The Morgan fingerprint density at radius 2 is 0.915 bits per heavy atom. The Morgan fingerprint density at radius 3 is 1.36 bits per heavy atom. The Bertz CT molecular complexity index is 2170. The van der Waals surface area contributed by atoms with Crippen molar-refractivity contribution in [3.8, 4) is 34.5 Å². The Kier molecular flexibility index (Phi) is 8.73. The molecule has 0 unspecified atom stereocenters. The highest BCUT2D eigenvalue weighted by Gasteiger charge is 2.18. The highest BCUT2D eigenvalue weighted by molar-refractivity contribution is 7.91. The van der Waals surface area contributed by atoms with Crippen molar-refractivity contribution in [1.29, 1.82) is 0 Å². The van der Waals surface area contributed by atoms with E-state index in [4.69, 9.17) is 18.9 Å². The van der Waals surface area contributed by atoms with E-state index in [1.165, 1.54) is 31.2 Å². The minimum atomic E-state index is -3.80. The van der Waals surface area contributed by atoms with Crippen LogP contribution in [0.4, 0.5) is 0 Å². The molecule has 234 valence electrons. The number of hydrogen-bond donors (Lipinski definition) is 0. The highest BCUT2D eigenvalue weighted by Crippen LogP contribution is 2.33. The SMILES string of the molecule is COc1cccc2c(OC(=O)c3ccc(Oc4ccc(S(=O)(=O)c5ccc(Oc6ccc(C(C)=O)cc6)cc5)cc4)cc3)cccc12. The zero-order chi connectivity index (χ0) is 33.0. The fraction of sp³-hybridized carbons (Fsp3) is 0.0526. The van der Waals surface area contributed by atoms with Gasteiger partial charge in [0.05, 0.1) is 22.5 Å². The minimum absolute atomic E-state index is 0.0424. The molecule has 0 aliphatic rings. The first-order valence-corrected chi connectivity index (χ1v) is 16.0. The van der Waals surface area contributed by atoms with Gasteiger partial charge >= 0.3 is 5.97 Å². The van der Waals surface area contributed by atoms with Gasteiger partial charge in [0, 0.05) is 16.3 Å². The lowest BCUT2D eigenvalue weighted by Gasteiger charge is -2.11. The summed E-state index contributed by atoms with van der Waals surface area (Å²) in [6.07, 6.45) is 0. The smallest absolute Gasteiger partial charge is 0.343 e. The lowest BCUT2D eigenvalue weighted by atomic mass is 10.1. The number of esters is 1. The van der Waals surface area contributed by atoms with Crippen LogP contribution in [-0.4, -0.2) is 27.3 Å². The van der Waals surface area contributed by atoms with E-state index in [2.05, 4.69) is 0 Å². The number of benzene rings is 6. The number of carbonyl (C=O) groups excluding carboxylic acids is 2. The molecule has 0 fully saturated rings. The molecule has 6 aromatic rings. The molecular weight excluding hydrogens is 616 g/mol. The van der Waals surface area contributed by atoms with Crippen molar-refractivity contribution >= 4 is 32.4 Å². The van der Waals surface area contributed by atoms with Gasteiger partial charge in [0.15, 0.2) is 5.78 Å². The number of Topliss-reactive ketones (excluding diaryl/α,β-unsaturated/α-hetero) is 1. The van der Waals surface area contributed by atoms with Crippen LogP contribution in [0.1, 0.15) is 27.6 Å². The summed E-state index contributed by atoms with van der Waals surface area (Å²) < 4.78 is 49.3. The summed E-state index contributed by atoms with van der Waals surface area (Å²) in [6, 6.07) is 36.3. The Morgan fingerprint density at radius 1 is 0.511 bits per heavy atom. The van der Waals surface area contributed by atoms with Gasteiger partial charge in [0.1, 0.15) is 34.5 Å². The van der Waals surface area contributed by atoms with Gasteiger partial charge in [0.2, 0.25) is 9.84 Å². The van der Waals surface area contributed by atoms with Crippen molar-refractivity contribution < 1.29 is 37.0 Å². The fourth-order valence-corrected chi connectivity index (χ4v) is 6.14. The summed E-state index contributed by atoms with van der Waals surface area (Å²) in [7, 11) is -2.21. The predicted octanol–water partition coefficient (Wildman–Crippen LogP) is 8.69. The first-order valence-electron chi connectivity index (χ1n) is 14.5. The van der Waals surface area contributed by atoms with Crippen LogP contribution in [-0.2, 0) is 9.84 Å². The molecule has 0 atom stereocenters. The summed E-state index contributed by atoms with van der Waals surface area (Å²) in [4.78, 5) is 24.6. The van der Waals surface area contributed by atoms with Crippen LogP contribution in [0, 0.1) is 0 Å². The van der Waals surface area contributed by atoms with Crippen LogP contribution < -0.4 is 18.9 Å². The highest BCUT2D eigenvalue weighted by atomic mass is 32.2. The average molecular weight is 645 g/mol. The summed E-state index contributed by atoms with van der Waals surface area (Å²) >= 11 is 0. The first kappa shape index (κ1) is 31.1. The zero-order valence-electron chi connectivity index (χ0n) is 25.4. The molecule has 0 saturated heterocycles.